The maximum atomic E-state index is 9.51. The lowest BCUT2D eigenvalue weighted by Crippen LogP contribution is -2.10. The number of rotatable bonds is 7. The molecule has 0 saturated heterocycles. The van der Waals surface area contributed by atoms with Crippen LogP contribution in [-0.2, 0) is 0 Å². The van der Waals surface area contributed by atoms with Crippen LogP contribution >= 0.6 is 11.3 Å². The molecule has 0 fully saturated rings. The molecule has 14 rings (SSSR count). The second kappa shape index (κ2) is 16.0. The molecule has 12 aromatic carbocycles. The first-order valence-corrected chi connectivity index (χ1v) is 23.8. The van der Waals surface area contributed by atoms with Crippen molar-refractivity contribution in [2.45, 2.75) is 0 Å². The summed E-state index contributed by atoms with van der Waals surface area (Å²) in [5.74, 6) is 0. The number of thiophene rings is 1. The molecule has 0 atom stereocenters. The summed E-state index contributed by atoms with van der Waals surface area (Å²) in [6, 6.07) is 69.6. The van der Waals surface area contributed by atoms with E-state index in [4.69, 9.17) is 12.6 Å². The van der Waals surface area contributed by atoms with E-state index in [1.165, 1.54) is 5.39 Å². The third-order valence-electron chi connectivity index (χ3n) is 13.5. The molecule has 0 unspecified atom stereocenters. The summed E-state index contributed by atoms with van der Waals surface area (Å²) in [5, 5.41) is 9.44. The minimum Gasteiger partial charge on any atom is -0.455 e. The van der Waals surface area contributed by atoms with E-state index >= 15 is 0 Å². The Morgan fingerprint density at radius 2 is 1.01 bits per heavy atom. The van der Waals surface area contributed by atoms with E-state index < -0.39 is 0 Å². The molecule has 0 N–H and O–H groups in total. The quantitative estimate of drug-likeness (QED) is 0.148. The molecule has 3 heteroatoms. The van der Waals surface area contributed by atoms with Crippen LogP contribution in [0.2, 0.25) is 0 Å². The third kappa shape index (κ3) is 6.39. The highest BCUT2D eigenvalue weighted by atomic mass is 32.1. The van der Waals surface area contributed by atoms with Crippen LogP contribution in [0.1, 0.15) is 9.60 Å². The van der Waals surface area contributed by atoms with Crippen LogP contribution in [0.5, 0.6) is 0 Å². The zero-order valence-electron chi connectivity index (χ0n) is 43.9. The van der Waals surface area contributed by atoms with Crippen LogP contribution in [-0.4, -0.2) is 0 Å². The molecule has 14 aromatic rings. The van der Waals surface area contributed by atoms with Crippen LogP contribution in [0.3, 0.4) is 0 Å². The van der Waals surface area contributed by atoms with Gasteiger partial charge in [-0.3, -0.25) is 0 Å². The van der Waals surface area contributed by atoms with Gasteiger partial charge in [0.15, 0.2) is 0 Å². The molecule has 322 valence electrons. The van der Waals surface area contributed by atoms with Crippen LogP contribution < -0.4 is 4.90 Å². The third-order valence-corrected chi connectivity index (χ3v) is 14.6. The number of hydrogen-bond acceptors (Lipinski definition) is 3. The first kappa shape index (κ1) is 32.8. The van der Waals surface area contributed by atoms with Crippen molar-refractivity contribution in [3.8, 4) is 44.5 Å². The molecule has 0 aliphatic heterocycles. The van der Waals surface area contributed by atoms with E-state index in [0.29, 0.717) is 25.9 Å². The highest BCUT2D eigenvalue weighted by Crippen LogP contribution is 2.48. The van der Waals surface area contributed by atoms with E-state index in [9.17, 15) is 1.37 Å². The van der Waals surface area contributed by atoms with Crippen LogP contribution in [0, 0.1) is 0 Å². The fourth-order valence-corrected chi connectivity index (χ4v) is 11.5. The number of fused-ring (bicyclic) bond motifs is 12. The molecule has 69 heavy (non-hydrogen) atoms. The van der Waals surface area contributed by atoms with E-state index in [1.807, 2.05) is 54.6 Å². The average Bonchev–Trinajstić information content (AvgIpc) is 4.11. The zero-order chi connectivity index (χ0) is 51.5. The van der Waals surface area contributed by atoms with Gasteiger partial charge in [0.05, 0.1) is 9.60 Å². The zero-order valence-corrected chi connectivity index (χ0v) is 37.7. The second-order valence-corrected chi connectivity index (χ2v) is 18.4. The fourth-order valence-electron chi connectivity index (χ4n) is 10.5. The van der Waals surface area contributed by atoms with Crippen LogP contribution in [0.4, 0.5) is 17.1 Å². The summed E-state index contributed by atoms with van der Waals surface area (Å²) < 4.78 is 70.1. The van der Waals surface area contributed by atoms with Gasteiger partial charge in [0.2, 0.25) is 0 Å². The maximum absolute atomic E-state index is 9.51. The van der Waals surface area contributed by atoms with Gasteiger partial charge in [-0.05, 0) is 132 Å². The number of para-hydroxylation sites is 1. The van der Waals surface area contributed by atoms with Gasteiger partial charge in [-0.15, -0.1) is 11.3 Å². The van der Waals surface area contributed by atoms with Gasteiger partial charge in [-0.2, -0.15) is 0 Å². The lowest BCUT2D eigenvalue weighted by Gasteiger charge is -2.27. The Kier molecular flexibility index (Phi) is 7.59. The minimum atomic E-state index is -0.385. The monoisotopic (exact) mass is 902 g/mol. The van der Waals surface area contributed by atoms with Crippen LogP contribution in [0.15, 0.2) is 253 Å². The Hall–Kier alpha value is -8.76. The predicted octanol–water partition coefficient (Wildman–Crippen LogP) is 19.6. The van der Waals surface area contributed by atoms with Gasteiger partial charge in [-0.25, -0.2) is 0 Å². The van der Waals surface area contributed by atoms with Crippen molar-refractivity contribution in [1.82, 2.24) is 0 Å². The Morgan fingerprint density at radius 1 is 0.348 bits per heavy atom. The van der Waals surface area contributed by atoms with Crippen molar-refractivity contribution in [3.05, 3.63) is 249 Å². The molecule has 0 radical (unpaired) electrons. The highest BCUT2D eigenvalue weighted by Gasteiger charge is 2.22. The molecular formula is C66H41NOS. The summed E-state index contributed by atoms with van der Waals surface area (Å²) in [4.78, 5) is 2.30. The van der Waals surface area contributed by atoms with Gasteiger partial charge >= 0.3 is 0 Å². The van der Waals surface area contributed by atoms with Gasteiger partial charge in [-0.1, -0.05) is 188 Å². The summed E-state index contributed by atoms with van der Waals surface area (Å²) >= 11 is 1.08. The normalized spacial score (nSPS) is 13.2. The molecule has 0 saturated carbocycles. The molecule has 0 aliphatic rings. The number of hydrogen-bond donors (Lipinski definition) is 0. The largest absolute Gasteiger partial charge is 0.455 e. The van der Waals surface area contributed by atoms with Gasteiger partial charge < -0.3 is 9.32 Å². The molecule has 2 nitrogen and oxygen atoms in total. The van der Waals surface area contributed by atoms with Crippen molar-refractivity contribution < 1.29 is 14.0 Å². The standard InChI is InChI=1S/C66H41NOS/c1-3-18-42(19-4-1)58-40-45(36-37-53(58)54-32-17-35-62-63(54)57-30-13-14-34-61(57)69-62)59-41-48(39-43-20-7-8-25-49(43)59)67(46-22-5-2-6-23-46)47-24-15-21-44(38-47)50-31-16-33-60-64(50)65-55-28-11-9-26-51(55)52-27-10-12-29-56(52)66(65)68-60/h1-41H/i13D,14D,17D,30D,32D,34D,35D. The van der Waals surface area contributed by atoms with E-state index in [2.05, 4.69) is 157 Å². The summed E-state index contributed by atoms with van der Waals surface area (Å²) in [6.45, 7) is 0. The van der Waals surface area contributed by atoms with E-state index in [-0.39, 0.29) is 47.7 Å². The molecule has 0 amide bonds. The van der Waals surface area contributed by atoms with E-state index in [1.54, 1.807) is 0 Å². The Bertz CT molecular complexity index is 4740. The van der Waals surface area contributed by atoms with Gasteiger partial charge in [0.25, 0.3) is 0 Å². The molecule has 0 bridgehead atoms. The lowest BCUT2D eigenvalue weighted by atomic mass is 9.88. The molecule has 2 heterocycles. The minimum absolute atomic E-state index is 0.175. The number of nitrogens with zero attached hydrogens (tertiary/aromatic N) is 1. The SMILES string of the molecule is [2H]c1c([2H])c([2H])c2c(sc3c([2H])c([2H])c([2H])c(-c4ccc(-c5cc(N(c6ccccc6)c6cccc(-c7cccc8oc9c%10ccccc%10c%10ccccc%10c9c78)c6)cc6ccccc56)cc4-c4ccccc4)c32)c1[2H]. The van der Waals surface area contributed by atoms with Gasteiger partial charge in [0.1, 0.15) is 11.2 Å². The van der Waals surface area contributed by atoms with E-state index in [0.717, 1.165) is 111 Å². The molecule has 0 aliphatic carbocycles. The van der Waals surface area contributed by atoms with Gasteiger partial charge in [0, 0.05) is 53.4 Å². The first-order chi connectivity index (χ1) is 37.1. The predicted molar refractivity (Wildman–Crippen MR) is 296 cm³/mol. The smallest absolute Gasteiger partial charge is 0.143 e. The second-order valence-electron chi connectivity index (χ2n) is 17.4. The van der Waals surface area contributed by atoms with Crippen LogP contribution in [0.25, 0.3) is 119 Å². The lowest BCUT2D eigenvalue weighted by molar-refractivity contribution is 0.673. The summed E-state index contributed by atoms with van der Waals surface area (Å²) in [6.07, 6.45) is 0. The topological polar surface area (TPSA) is 16.4 Å². The van der Waals surface area contributed by atoms with Crippen molar-refractivity contribution in [2.75, 3.05) is 4.90 Å². The van der Waals surface area contributed by atoms with Crippen molar-refractivity contribution >= 4 is 103 Å². The number of furan rings is 1. The van der Waals surface area contributed by atoms with Crippen molar-refractivity contribution in [2.24, 2.45) is 0 Å². The number of benzene rings is 12. The maximum Gasteiger partial charge on any atom is 0.143 e. The first-order valence-electron chi connectivity index (χ1n) is 26.5. The summed E-state index contributed by atoms with van der Waals surface area (Å²) in [7, 11) is 0. The summed E-state index contributed by atoms with van der Waals surface area (Å²) in [5.41, 5.74) is 11.2. The fraction of sp³-hybridized carbons (Fsp3) is 0. The molecule has 0 spiro atoms. The average molecular weight is 903 g/mol. The van der Waals surface area contributed by atoms with Crippen molar-refractivity contribution in [3.63, 3.8) is 0 Å². The highest BCUT2D eigenvalue weighted by molar-refractivity contribution is 7.25. The Morgan fingerprint density at radius 3 is 1.87 bits per heavy atom. The van der Waals surface area contributed by atoms with Crippen molar-refractivity contribution in [1.29, 1.82) is 0 Å². The molecular weight excluding hydrogens is 855 g/mol. The molecule has 2 aromatic heterocycles. The Balaban J connectivity index is 0.982. The number of anilines is 3. The Labute approximate surface area is 413 Å².